The van der Waals surface area contributed by atoms with Crippen molar-refractivity contribution in [3.63, 3.8) is 0 Å². The van der Waals surface area contributed by atoms with Crippen molar-refractivity contribution in [3.05, 3.63) is 0 Å². The highest BCUT2D eigenvalue weighted by Gasteiger charge is 2.38. The molecule has 0 aromatic carbocycles. The molecule has 12 heavy (non-hydrogen) atoms. The van der Waals surface area contributed by atoms with Gasteiger partial charge in [0.15, 0.2) is 6.40 Å². The number of hydrogen-bond donors (Lipinski definition) is 0. The van der Waals surface area contributed by atoms with Crippen molar-refractivity contribution in [3.8, 4) is 0 Å². The minimum atomic E-state index is -3.24. The van der Waals surface area contributed by atoms with E-state index in [0.29, 0.717) is 6.42 Å². The molecule has 0 aromatic rings. The second kappa shape index (κ2) is 2.73. The van der Waals surface area contributed by atoms with Crippen molar-refractivity contribution < 1.29 is 13.2 Å². The predicted molar refractivity (Wildman–Crippen MR) is 44.5 cm³/mol. The normalized spacial score (nSPS) is 38.3. The van der Waals surface area contributed by atoms with E-state index in [4.69, 9.17) is 4.74 Å². The molecule has 2 atom stereocenters. The first-order chi connectivity index (χ1) is 5.70. The van der Waals surface area contributed by atoms with Crippen molar-refractivity contribution >= 4 is 16.4 Å². The summed E-state index contributed by atoms with van der Waals surface area (Å²) in [7, 11) is -3.24. The Bertz CT molecular complexity index is 296. The zero-order chi connectivity index (χ0) is 8.60. The molecule has 2 rings (SSSR count). The van der Waals surface area contributed by atoms with Gasteiger partial charge in [0, 0.05) is 0 Å². The maximum Gasteiger partial charge on any atom is 0.262 e. The van der Waals surface area contributed by atoms with Crippen LogP contribution in [-0.4, -0.2) is 26.2 Å². The molecule has 0 amide bonds. The first-order valence-electron chi connectivity index (χ1n) is 4.13. The summed E-state index contributed by atoms with van der Waals surface area (Å²) in [4.78, 5) is 0. The molecule has 1 saturated carbocycles. The van der Waals surface area contributed by atoms with Gasteiger partial charge in [-0.1, -0.05) is 6.42 Å². The molecule has 5 heteroatoms. The van der Waals surface area contributed by atoms with Crippen molar-refractivity contribution in [2.45, 2.75) is 37.0 Å². The zero-order valence-corrected chi connectivity index (χ0v) is 7.46. The van der Waals surface area contributed by atoms with E-state index in [2.05, 4.69) is 4.40 Å². The van der Waals surface area contributed by atoms with Crippen LogP contribution in [0.2, 0.25) is 0 Å². The van der Waals surface area contributed by atoms with Crippen LogP contribution in [0.15, 0.2) is 4.40 Å². The number of nitrogens with zero attached hydrogens (tertiary/aromatic N) is 1. The highest BCUT2D eigenvalue weighted by atomic mass is 32.2. The minimum Gasteiger partial charge on any atom is -0.478 e. The summed E-state index contributed by atoms with van der Waals surface area (Å²) in [5, 5.41) is -0.378. The third kappa shape index (κ3) is 1.22. The summed E-state index contributed by atoms with van der Waals surface area (Å²) in [5.74, 6) is 0. The molecule has 68 valence electrons. The van der Waals surface area contributed by atoms with Crippen molar-refractivity contribution in [1.29, 1.82) is 0 Å². The van der Waals surface area contributed by atoms with Gasteiger partial charge in [0.2, 0.25) is 0 Å². The highest BCUT2D eigenvalue weighted by Crippen LogP contribution is 2.29. The van der Waals surface area contributed by atoms with Crippen LogP contribution in [0.5, 0.6) is 0 Å². The van der Waals surface area contributed by atoms with Gasteiger partial charge >= 0.3 is 0 Å². The highest BCUT2D eigenvalue weighted by molar-refractivity contribution is 7.90. The van der Waals surface area contributed by atoms with Crippen LogP contribution < -0.4 is 0 Å². The van der Waals surface area contributed by atoms with E-state index in [1.807, 2.05) is 0 Å². The summed E-state index contributed by atoms with van der Waals surface area (Å²) < 4.78 is 31.2. The summed E-state index contributed by atoms with van der Waals surface area (Å²) in [6, 6.07) is 0. The average Bonchev–Trinajstić information content (AvgIpc) is 2.04. The van der Waals surface area contributed by atoms with E-state index >= 15 is 0 Å². The summed E-state index contributed by atoms with van der Waals surface area (Å²) in [5.41, 5.74) is 0. The van der Waals surface area contributed by atoms with Crippen LogP contribution in [-0.2, 0) is 14.8 Å². The van der Waals surface area contributed by atoms with Gasteiger partial charge < -0.3 is 4.74 Å². The van der Waals surface area contributed by atoms with Gasteiger partial charge in [-0.05, 0) is 19.3 Å². The van der Waals surface area contributed by atoms with E-state index in [1.165, 1.54) is 0 Å². The average molecular weight is 189 g/mol. The lowest BCUT2D eigenvalue weighted by atomic mass is 9.97. The number of rotatable bonds is 0. The summed E-state index contributed by atoms with van der Waals surface area (Å²) in [6.07, 6.45) is 4.51. The zero-order valence-electron chi connectivity index (χ0n) is 6.64. The lowest BCUT2D eigenvalue weighted by Gasteiger charge is -2.30. The molecule has 4 nitrogen and oxygen atoms in total. The topological polar surface area (TPSA) is 55.7 Å². The Kier molecular flexibility index (Phi) is 1.83. The Labute approximate surface area is 71.7 Å². The molecule has 0 saturated heterocycles. The second-order valence-corrected chi connectivity index (χ2v) is 5.07. The molecule has 0 bridgehead atoms. The summed E-state index contributed by atoms with van der Waals surface area (Å²) >= 11 is 0. The molecule has 1 aliphatic carbocycles. The standard InChI is InChI=1S/C7H11NO3S/c9-12(10)7-4-2-1-3-6(7)11-5-8-12/h5-7H,1-4H2/t6-,7+/m0/s1. The molecule has 1 heterocycles. The molecule has 2 aliphatic rings. The molecule has 1 fully saturated rings. The first-order valence-corrected chi connectivity index (χ1v) is 5.63. The van der Waals surface area contributed by atoms with Crippen LogP contribution in [0.25, 0.3) is 0 Å². The van der Waals surface area contributed by atoms with E-state index < -0.39 is 10.0 Å². The van der Waals surface area contributed by atoms with E-state index in [9.17, 15) is 8.42 Å². The molecule has 0 unspecified atom stereocenters. The van der Waals surface area contributed by atoms with Gasteiger partial charge in [0.1, 0.15) is 11.4 Å². The monoisotopic (exact) mass is 189 g/mol. The molecule has 1 aliphatic heterocycles. The second-order valence-electron chi connectivity index (χ2n) is 3.22. The van der Waals surface area contributed by atoms with Crippen LogP contribution >= 0.6 is 0 Å². The first kappa shape index (κ1) is 8.04. The lowest BCUT2D eigenvalue weighted by molar-refractivity contribution is 0.150. The molecular formula is C7H11NO3S. The van der Waals surface area contributed by atoms with Crippen LogP contribution in [0.4, 0.5) is 0 Å². The van der Waals surface area contributed by atoms with Gasteiger partial charge in [-0.2, -0.15) is 0 Å². The van der Waals surface area contributed by atoms with Gasteiger partial charge in [-0.3, -0.25) is 0 Å². The Morgan fingerprint density at radius 2 is 2.08 bits per heavy atom. The van der Waals surface area contributed by atoms with Crippen molar-refractivity contribution in [1.82, 2.24) is 0 Å². The number of hydrogen-bond acceptors (Lipinski definition) is 3. The number of fused-ring (bicyclic) bond motifs is 1. The van der Waals surface area contributed by atoms with Gasteiger partial charge in [0.05, 0.1) is 0 Å². The third-order valence-corrected chi connectivity index (χ3v) is 4.13. The fourth-order valence-electron chi connectivity index (χ4n) is 1.80. The quantitative estimate of drug-likeness (QED) is 0.563. The largest absolute Gasteiger partial charge is 0.478 e. The predicted octanol–water partition coefficient (Wildman–Crippen LogP) is 0.686. The van der Waals surface area contributed by atoms with Crippen molar-refractivity contribution in [2.75, 3.05) is 0 Å². The SMILES string of the molecule is O=S1(=O)N=CO[C@H]2CCCC[C@H]21. The Balaban J connectivity index is 2.30. The molecular weight excluding hydrogens is 178 g/mol. The minimum absolute atomic E-state index is 0.138. The van der Waals surface area contributed by atoms with Gasteiger partial charge in [-0.25, -0.2) is 8.42 Å². The Morgan fingerprint density at radius 3 is 2.83 bits per heavy atom. The molecule has 0 aromatic heterocycles. The van der Waals surface area contributed by atoms with Crippen LogP contribution in [0.1, 0.15) is 25.7 Å². The van der Waals surface area contributed by atoms with Crippen LogP contribution in [0, 0.1) is 0 Å². The fraction of sp³-hybridized carbons (Fsp3) is 0.857. The Hall–Kier alpha value is -0.580. The van der Waals surface area contributed by atoms with Gasteiger partial charge in [-0.15, -0.1) is 4.40 Å². The maximum absolute atomic E-state index is 11.3. The van der Waals surface area contributed by atoms with Gasteiger partial charge in [0.25, 0.3) is 10.0 Å². The van der Waals surface area contributed by atoms with E-state index in [1.54, 1.807) is 0 Å². The molecule has 0 radical (unpaired) electrons. The third-order valence-electron chi connectivity index (χ3n) is 2.45. The lowest BCUT2D eigenvalue weighted by Crippen LogP contribution is -2.40. The number of ether oxygens (including phenoxy) is 1. The Morgan fingerprint density at radius 1 is 1.33 bits per heavy atom. The molecule has 0 spiro atoms. The smallest absolute Gasteiger partial charge is 0.262 e. The maximum atomic E-state index is 11.3. The molecule has 0 N–H and O–H groups in total. The van der Waals surface area contributed by atoms with Crippen LogP contribution in [0.3, 0.4) is 0 Å². The van der Waals surface area contributed by atoms with Crippen molar-refractivity contribution in [2.24, 2.45) is 4.40 Å². The summed E-state index contributed by atoms with van der Waals surface area (Å²) in [6.45, 7) is 0. The van der Waals surface area contributed by atoms with E-state index in [-0.39, 0.29) is 11.4 Å². The fourth-order valence-corrected chi connectivity index (χ4v) is 3.17. The van der Waals surface area contributed by atoms with E-state index in [0.717, 1.165) is 25.7 Å². The number of sulfonamides is 1.